The van der Waals surface area contributed by atoms with Gasteiger partial charge in [0.2, 0.25) is 0 Å². The lowest BCUT2D eigenvalue weighted by molar-refractivity contribution is 0.214. The Kier molecular flexibility index (Phi) is 11.1. The van der Waals surface area contributed by atoms with Crippen LogP contribution in [-0.4, -0.2) is 21.5 Å². The average Bonchev–Trinajstić information content (AvgIpc) is 2.96. The zero-order chi connectivity index (χ0) is 19.5. The van der Waals surface area contributed by atoms with Crippen molar-refractivity contribution < 1.29 is 5.11 Å². The van der Waals surface area contributed by atoms with Gasteiger partial charge in [0.25, 0.3) is 0 Å². The first-order valence-corrected chi connectivity index (χ1v) is 9.68. The first-order chi connectivity index (χ1) is 11.9. The van der Waals surface area contributed by atoms with E-state index in [1.807, 2.05) is 50.6 Å². The summed E-state index contributed by atoms with van der Waals surface area (Å²) >= 11 is 0. The van der Waals surface area contributed by atoms with Gasteiger partial charge in [0.05, 0.1) is 18.0 Å². The highest BCUT2D eigenvalue weighted by Gasteiger charge is 2.28. The largest absolute Gasteiger partial charge is 0.395 e. The molecule has 0 saturated carbocycles. The fourth-order valence-corrected chi connectivity index (χ4v) is 2.56. The van der Waals surface area contributed by atoms with Crippen molar-refractivity contribution in [2.45, 2.75) is 80.1 Å². The van der Waals surface area contributed by atoms with Crippen molar-refractivity contribution in [1.29, 1.82) is 0 Å². The molecule has 0 unspecified atom stereocenters. The number of aliphatic hydroxyl groups excluding tert-OH is 1. The van der Waals surface area contributed by atoms with Crippen LogP contribution in [0.15, 0.2) is 30.3 Å². The van der Waals surface area contributed by atoms with E-state index in [-0.39, 0.29) is 12.0 Å². The Labute approximate surface area is 155 Å². The van der Waals surface area contributed by atoms with Crippen LogP contribution in [0.3, 0.4) is 0 Å². The van der Waals surface area contributed by atoms with Gasteiger partial charge < -0.3 is 5.11 Å². The van der Waals surface area contributed by atoms with E-state index in [1.165, 1.54) is 17.7 Å². The number of hydrogen-bond donors (Lipinski definition) is 1. The maximum atomic E-state index is 9.62. The summed E-state index contributed by atoms with van der Waals surface area (Å²) < 4.78 is 2.03. The van der Waals surface area contributed by atoms with Gasteiger partial charge in [-0.15, -0.1) is 0 Å². The van der Waals surface area contributed by atoms with Gasteiger partial charge in [0, 0.05) is 11.1 Å². The van der Waals surface area contributed by atoms with E-state index in [2.05, 4.69) is 39.8 Å². The lowest BCUT2D eigenvalue weighted by Gasteiger charge is -2.19. The number of para-hydroxylation sites is 1. The Bertz CT molecular complexity index is 586. The van der Waals surface area contributed by atoms with E-state index in [0.29, 0.717) is 0 Å². The Balaban J connectivity index is 0.00000104. The molecule has 1 heterocycles. The second kappa shape index (κ2) is 11.9. The molecular weight excluding hydrogens is 308 g/mol. The molecule has 2 rings (SSSR count). The summed E-state index contributed by atoms with van der Waals surface area (Å²) in [7, 11) is 0. The van der Waals surface area contributed by atoms with Crippen molar-refractivity contribution in [2.75, 3.05) is 6.61 Å². The van der Waals surface area contributed by atoms with Crippen LogP contribution in [0, 0.1) is 6.92 Å². The minimum absolute atomic E-state index is 0.102. The molecule has 0 atom stereocenters. The molecule has 3 heteroatoms. The van der Waals surface area contributed by atoms with Gasteiger partial charge in [-0.25, -0.2) is 4.68 Å². The summed E-state index contributed by atoms with van der Waals surface area (Å²) in [6.45, 7) is 16.7. The molecule has 0 bridgehead atoms. The van der Waals surface area contributed by atoms with Crippen LogP contribution in [-0.2, 0) is 11.8 Å². The third-order valence-electron chi connectivity index (χ3n) is 3.77. The monoisotopic (exact) mass is 346 g/mol. The van der Waals surface area contributed by atoms with Gasteiger partial charge in [-0.2, -0.15) is 5.10 Å². The second-order valence-electron chi connectivity index (χ2n) is 6.67. The van der Waals surface area contributed by atoms with Crippen LogP contribution >= 0.6 is 0 Å². The Morgan fingerprint density at radius 2 is 1.56 bits per heavy atom. The average molecular weight is 347 g/mol. The smallest absolute Gasteiger partial charge is 0.0740 e. The molecule has 1 aromatic heterocycles. The predicted octanol–water partition coefficient (Wildman–Crippen LogP) is 5.85. The molecule has 0 fully saturated rings. The minimum atomic E-state index is -0.313. The van der Waals surface area contributed by atoms with E-state index in [9.17, 15) is 5.11 Å². The van der Waals surface area contributed by atoms with Crippen LogP contribution in [0.5, 0.6) is 0 Å². The summed E-state index contributed by atoms with van der Waals surface area (Å²) in [5, 5.41) is 14.4. The van der Waals surface area contributed by atoms with Gasteiger partial charge in [-0.3, -0.25) is 0 Å². The van der Waals surface area contributed by atoms with Gasteiger partial charge in [0.1, 0.15) is 0 Å². The van der Waals surface area contributed by atoms with Crippen molar-refractivity contribution in [3.63, 3.8) is 0 Å². The fourth-order valence-electron chi connectivity index (χ4n) is 2.56. The van der Waals surface area contributed by atoms with Crippen molar-refractivity contribution in [2.24, 2.45) is 0 Å². The van der Waals surface area contributed by atoms with Gasteiger partial charge in [-0.05, 0) is 31.0 Å². The highest BCUT2D eigenvalue weighted by molar-refractivity contribution is 5.39. The molecule has 1 N–H and O–H groups in total. The molecule has 0 amide bonds. The van der Waals surface area contributed by atoms with Crippen molar-refractivity contribution >= 4 is 0 Å². The maximum Gasteiger partial charge on any atom is 0.0740 e. The summed E-state index contributed by atoms with van der Waals surface area (Å²) in [6.07, 6.45) is 3.33. The quantitative estimate of drug-likeness (QED) is 0.738. The van der Waals surface area contributed by atoms with Crippen molar-refractivity contribution in [3.05, 3.63) is 47.3 Å². The summed E-state index contributed by atoms with van der Waals surface area (Å²) in [5.74, 6) is 0. The highest BCUT2D eigenvalue weighted by Crippen LogP contribution is 2.29. The van der Waals surface area contributed by atoms with E-state index in [4.69, 9.17) is 5.10 Å². The van der Waals surface area contributed by atoms with E-state index < -0.39 is 0 Å². The molecule has 3 nitrogen and oxygen atoms in total. The topological polar surface area (TPSA) is 38.1 Å². The molecule has 142 valence electrons. The number of benzene rings is 1. The number of aromatic nitrogens is 2. The third kappa shape index (κ3) is 6.32. The molecule has 0 saturated heterocycles. The predicted molar refractivity (Wildman–Crippen MR) is 110 cm³/mol. The van der Waals surface area contributed by atoms with Crippen LogP contribution in [0.25, 0.3) is 5.69 Å². The SMILES string of the molecule is CC.CCC.CCCc1c(C)c(C(C)(C)CO)nn1-c1ccccc1. The summed E-state index contributed by atoms with van der Waals surface area (Å²) in [4.78, 5) is 0. The van der Waals surface area contributed by atoms with E-state index in [0.717, 1.165) is 24.2 Å². The molecule has 2 aromatic rings. The molecule has 0 radical (unpaired) electrons. The molecule has 0 spiro atoms. The number of aliphatic hydroxyl groups is 1. The lowest BCUT2D eigenvalue weighted by Crippen LogP contribution is -2.24. The van der Waals surface area contributed by atoms with Crippen LogP contribution < -0.4 is 0 Å². The Morgan fingerprint density at radius 3 is 2.00 bits per heavy atom. The first-order valence-electron chi connectivity index (χ1n) is 9.68. The Morgan fingerprint density at radius 1 is 1.04 bits per heavy atom. The highest BCUT2D eigenvalue weighted by atomic mass is 16.3. The summed E-state index contributed by atoms with van der Waals surface area (Å²) in [6, 6.07) is 10.2. The first kappa shape index (κ1) is 23.4. The zero-order valence-corrected chi connectivity index (χ0v) is 17.6. The van der Waals surface area contributed by atoms with E-state index >= 15 is 0 Å². The number of hydrogen-bond acceptors (Lipinski definition) is 2. The van der Waals surface area contributed by atoms with Crippen molar-refractivity contribution in [1.82, 2.24) is 9.78 Å². The molecule has 0 aliphatic heterocycles. The maximum absolute atomic E-state index is 9.62. The van der Waals surface area contributed by atoms with Crippen LogP contribution in [0.1, 0.15) is 78.3 Å². The summed E-state index contributed by atoms with van der Waals surface area (Å²) in [5.41, 5.74) is 4.21. The molecule has 0 aliphatic rings. The Hall–Kier alpha value is -1.61. The number of nitrogens with zero attached hydrogens (tertiary/aromatic N) is 2. The second-order valence-corrected chi connectivity index (χ2v) is 6.67. The standard InChI is InChI=1S/C17H24N2O.C3H8.C2H6/c1-5-9-15-13(2)16(17(3,4)12-20)18-19(15)14-10-7-6-8-11-14;1-3-2;1-2/h6-8,10-11,20H,5,9,12H2,1-4H3;3H2,1-2H3;1-2H3. The minimum Gasteiger partial charge on any atom is -0.395 e. The number of rotatable bonds is 5. The van der Waals surface area contributed by atoms with E-state index in [1.54, 1.807) is 0 Å². The lowest BCUT2D eigenvalue weighted by atomic mass is 9.87. The van der Waals surface area contributed by atoms with Crippen LogP contribution in [0.4, 0.5) is 0 Å². The van der Waals surface area contributed by atoms with Crippen molar-refractivity contribution in [3.8, 4) is 5.69 Å². The van der Waals surface area contributed by atoms with Crippen LogP contribution in [0.2, 0.25) is 0 Å². The van der Waals surface area contributed by atoms with Gasteiger partial charge in [-0.1, -0.05) is 79.5 Å². The zero-order valence-electron chi connectivity index (χ0n) is 17.6. The van der Waals surface area contributed by atoms with Gasteiger partial charge >= 0.3 is 0 Å². The molecular formula is C22H38N2O. The molecule has 1 aromatic carbocycles. The normalized spacial score (nSPS) is 10.4. The van der Waals surface area contributed by atoms with Gasteiger partial charge in [0.15, 0.2) is 0 Å². The third-order valence-corrected chi connectivity index (χ3v) is 3.77. The fraction of sp³-hybridized carbons (Fsp3) is 0.591. The molecule has 25 heavy (non-hydrogen) atoms. The molecule has 0 aliphatic carbocycles.